The van der Waals surface area contributed by atoms with Crippen LogP contribution in [0.5, 0.6) is 0 Å². The lowest BCUT2D eigenvalue weighted by molar-refractivity contribution is -0.129. The summed E-state index contributed by atoms with van der Waals surface area (Å²) in [7, 11) is 0. The van der Waals surface area contributed by atoms with Gasteiger partial charge < -0.3 is 5.73 Å². The fraction of sp³-hybridized carbons (Fsp3) is 0.600. The van der Waals surface area contributed by atoms with Crippen molar-refractivity contribution in [3.8, 4) is 0 Å². The second-order valence-electron chi connectivity index (χ2n) is 5.78. The molecule has 0 spiro atoms. The Labute approximate surface area is 115 Å². The van der Waals surface area contributed by atoms with Gasteiger partial charge in [0.15, 0.2) is 5.78 Å². The highest BCUT2D eigenvalue weighted by Gasteiger charge is 2.34. The van der Waals surface area contributed by atoms with Crippen molar-refractivity contribution < 1.29 is 4.79 Å². The molecule has 1 saturated heterocycles. The Morgan fingerprint density at radius 1 is 1.37 bits per heavy atom. The largest absolute Gasteiger partial charge is 0.398 e. The van der Waals surface area contributed by atoms with E-state index in [0.29, 0.717) is 12.1 Å². The smallest absolute Gasteiger partial charge is 0.157 e. The zero-order valence-corrected chi connectivity index (χ0v) is 11.9. The molecule has 0 amide bonds. The summed E-state index contributed by atoms with van der Waals surface area (Å²) in [5.41, 5.74) is 6.95. The Hall–Kier alpha value is -1.42. The average Bonchev–Trinajstić information content (AvgIpc) is 2.42. The number of pyridine rings is 1. The van der Waals surface area contributed by atoms with Gasteiger partial charge in [-0.1, -0.05) is 6.42 Å². The molecule has 19 heavy (non-hydrogen) atoms. The fourth-order valence-corrected chi connectivity index (χ4v) is 2.60. The number of aromatic nitrogens is 1. The van der Waals surface area contributed by atoms with Gasteiger partial charge in [0.05, 0.1) is 5.54 Å². The van der Waals surface area contributed by atoms with Crippen LogP contribution in [0.15, 0.2) is 18.5 Å². The molecule has 2 rings (SSSR count). The van der Waals surface area contributed by atoms with Crippen molar-refractivity contribution in [1.29, 1.82) is 0 Å². The second-order valence-corrected chi connectivity index (χ2v) is 5.78. The minimum Gasteiger partial charge on any atom is -0.398 e. The molecule has 0 atom stereocenters. The van der Waals surface area contributed by atoms with E-state index in [0.717, 1.165) is 18.7 Å². The van der Waals surface area contributed by atoms with Crippen LogP contribution in [-0.2, 0) is 11.2 Å². The van der Waals surface area contributed by atoms with Crippen LogP contribution >= 0.6 is 0 Å². The first-order chi connectivity index (χ1) is 9.01. The highest BCUT2D eigenvalue weighted by Crippen LogP contribution is 2.23. The normalized spacial score (nSPS) is 17.4. The molecule has 0 saturated carbocycles. The van der Waals surface area contributed by atoms with Gasteiger partial charge in [-0.25, -0.2) is 0 Å². The first kappa shape index (κ1) is 14.0. The third kappa shape index (κ3) is 3.13. The number of carbonyl (C=O) groups excluding carboxylic acids is 1. The maximum Gasteiger partial charge on any atom is 0.157 e. The molecule has 4 heteroatoms. The van der Waals surface area contributed by atoms with Crippen LogP contribution in [0.3, 0.4) is 0 Å². The summed E-state index contributed by atoms with van der Waals surface area (Å²) in [5.74, 6) is 0.217. The maximum absolute atomic E-state index is 12.6. The first-order valence-electron chi connectivity index (χ1n) is 6.98. The molecular formula is C15H23N3O. The lowest BCUT2D eigenvalue weighted by atomic mass is 9.90. The molecule has 1 fully saturated rings. The molecule has 4 nitrogen and oxygen atoms in total. The fourth-order valence-electron chi connectivity index (χ4n) is 2.60. The minimum atomic E-state index is -0.414. The quantitative estimate of drug-likeness (QED) is 0.901. The van der Waals surface area contributed by atoms with Crippen LogP contribution in [0.4, 0.5) is 5.69 Å². The molecule has 0 aromatic carbocycles. The number of hydrogen-bond donors (Lipinski definition) is 1. The number of piperidine rings is 1. The van der Waals surface area contributed by atoms with Gasteiger partial charge in [-0.05, 0) is 45.8 Å². The number of nitrogens with two attached hydrogens (primary N) is 1. The van der Waals surface area contributed by atoms with Crippen molar-refractivity contribution in [2.45, 2.75) is 45.1 Å². The van der Waals surface area contributed by atoms with Crippen LogP contribution in [0.2, 0.25) is 0 Å². The van der Waals surface area contributed by atoms with Crippen LogP contribution in [-0.4, -0.2) is 34.3 Å². The van der Waals surface area contributed by atoms with Gasteiger partial charge in [-0.2, -0.15) is 0 Å². The van der Waals surface area contributed by atoms with E-state index in [-0.39, 0.29) is 5.78 Å². The molecule has 0 radical (unpaired) electrons. The predicted octanol–water partition coefficient (Wildman–Crippen LogP) is 2.04. The standard InChI is InChI=1S/C15H23N3O/c1-15(2,18-8-4-3-5-9-18)14(19)10-12-11-17-7-6-13(12)16/h6-7,11H,3-5,8-10H2,1-2H3,(H2,16,17). The number of anilines is 1. The Kier molecular flexibility index (Phi) is 4.20. The summed E-state index contributed by atoms with van der Waals surface area (Å²) in [5, 5.41) is 0. The topological polar surface area (TPSA) is 59.2 Å². The van der Waals surface area contributed by atoms with Crippen LogP contribution in [0.25, 0.3) is 0 Å². The van der Waals surface area contributed by atoms with Crippen molar-refractivity contribution >= 4 is 11.5 Å². The van der Waals surface area contributed by atoms with Crippen molar-refractivity contribution in [2.24, 2.45) is 0 Å². The Morgan fingerprint density at radius 3 is 2.68 bits per heavy atom. The molecule has 1 aliphatic heterocycles. The van der Waals surface area contributed by atoms with E-state index in [4.69, 9.17) is 5.73 Å². The zero-order chi connectivity index (χ0) is 13.9. The number of nitrogens with zero attached hydrogens (tertiary/aromatic N) is 2. The number of rotatable bonds is 4. The predicted molar refractivity (Wildman–Crippen MR) is 76.9 cm³/mol. The molecule has 0 bridgehead atoms. The molecule has 0 unspecified atom stereocenters. The number of ketones is 1. The van der Waals surface area contributed by atoms with Gasteiger partial charge in [-0.15, -0.1) is 0 Å². The molecule has 2 heterocycles. The third-order valence-corrected chi connectivity index (χ3v) is 4.12. The average molecular weight is 261 g/mol. The zero-order valence-electron chi connectivity index (χ0n) is 11.9. The van der Waals surface area contributed by atoms with E-state index in [9.17, 15) is 4.79 Å². The van der Waals surface area contributed by atoms with Gasteiger partial charge in [-0.3, -0.25) is 14.7 Å². The number of likely N-dealkylation sites (tertiary alicyclic amines) is 1. The molecule has 0 aliphatic carbocycles. The summed E-state index contributed by atoms with van der Waals surface area (Å²) < 4.78 is 0. The van der Waals surface area contributed by atoms with Crippen molar-refractivity contribution in [1.82, 2.24) is 9.88 Å². The van der Waals surface area contributed by atoms with Crippen LogP contribution < -0.4 is 5.73 Å². The molecule has 1 aromatic rings. The first-order valence-corrected chi connectivity index (χ1v) is 6.98. The van der Waals surface area contributed by atoms with Crippen molar-refractivity contribution in [3.05, 3.63) is 24.0 Å². The van der Waals surface area contributed by atoms with Crippen LogP contribution in [0, 0.1) is 0 Å². The van der Waals surface area contributed by atoms with E-state index >= 15 is 0 Å². The molecule has 1 aromatic heterocycles. The van der Waals surface area contributed by atoms with Gasteiger partial charge in [0, 0.05) is 30.1 Å². The third-order valence-electron chi connectivity index (χ3n) is 4.12. The van der Waals surface area contributed by atoms with E-state index in [1.165, 1.54) is 19.3 Å². The Balaban J connectivity index is 2.08. The summed E-state index contributed by atoms with van der Waals surface area (Å²) in [4.78, 5) is 18.9. The van der Waals surface area contributed by atoms with E-state index < -0.39 is 5.54 Å². The highest BCUT2D eigenvalue weighted by molar-refractivity contribution is 5.90. The van der Waals surface area contributed by atoms with E-state index in [1.54, 1.807) is 18.5 Å². The number of Topliss-reactive ketones (excluding diaryl/α,β-unsaturated/α-hetero) is 1. The van der Waals surface area contributed by atoms with E-state index in [1.807, 2.05) is 13.8 Å². The van der Waals surface area contributed by atoms with E-state index in [2.05, 4.69) is 9.88 Å². The Morgan fingerprint density at radius 2 is 2.05 bits per heavy atom. The molecule has 1 aliphatic rings. The number of carbonyl (C=O) groups is 1. The maximum atomic E-state index is 12.6. The lowest BCUT2D eigenvalue weighted by Crippen LogP contribution is -2.52. The van der Waals surface area contributed by atoms with Gasteiger partial charge in [0.1, 0.15) is 0 Å². The summed E-state index contributed by atoms with van der Waals surface area (Å²) in [6, 6.07) is 1.75. The SMILES string of the molecule is CC(C)(C(=O)Cc1cnccc1N)N1CCCCC1. The summed E-state index contributed by atoms with van der Waals surface area (Å²) in [6.07, 6.45) is 7.36. The molecular weight excluding hydrogens is 238 g/mol. The molecule has 104 valence electrons. The van der Waals surface area contributed by atoms with Gasteiger partial charge in [0.25, 0.3) is 0 Å². The second kappa shape index (κ2) is 5.70. The van der Waals surface area contributed by atoms with Crippen molar-refractivity contribution in [3.63, 3.8) is 0 Å². The monoisotopic (exact) mass is 261 g/mol. The number of hydrogen-bond acceptors (Lipinski definition) is 4. The summed E-state index contributed by atoms with van der Waals surface area (Å²) >= 11 is 0. The minimum absolute atomic E-state index is 0.217. The Bertz CT molecular complexity index is 450. The van der Waals surface area contributed by atoms with Gasteiger partial charge >= 0.3 is 0 Å². The highest BCUT2D eigenvalue weighted by atomic mass is 16.1. The van der Waals surface area contributed by atoms with Crippen molar-refractivity contribution in [2.75, 3.05) is 18.8 Å². The van der Waals surface area contributed by atoms with Gasteiger partial charge in [0.2, 0.25) is 0 Å². The summed E-state index contributed by atoms with van der Waals surface area (Å²) in [6.45, 7) is 6.07. The lowest BCUT2D eigenvalue weighted by Gasteiger charge is -2.39. The number of nitrogen functional groups attached to an aromatic ring is 1. The molecule has 2 N–H and O–H groups in total. The van der Waals surface area contributed by atoms with Crippen LogP contribution in [0.1, 0.15) is 38.7 Å².